The molecule has 0 aliphatic heterocycles. The van der Waals surface area contributed by atoms with Crippen LogP contribution >= 0.6 is 15.9 Å². The van der Waals surface area contributed by atoms with Crippen molar-refractivity contribution in [2.75, 3.05) is 0 Å². The number of aromatic nitrogens is 1. The molecule has 102 valence electrons. The van der Waals surface area contributed by atoms with Gasteiger partial charge >= 0.3 is 0 Å². The first-order chi connectivity index (χ1) is 8.72. The summed E-state index contributed by atoms with van der Waals surface area (Å²) in [6, 6.07) is 5.93. The van der Waals surface area contributed by atoms with Gasteiger partial charge in [0.1, 0.15) is 4.60 Å². The molecule has 0 fully saturated rings. The molecular weight excluding hydrogens is 290 g/mol. The summed E-state index contributed by atoms with van der Waals surface area (Å²) >= 11 is 3.36. The Balaban J connectivity index is 2.11. The van der Waals surface area contributed by atoms with E-state index in [1.165, 1.54) is 25.7 Å². The van der Waals surface area contributed by atoms with Crippen LogP contribution < -0.4 is 0 Å². The van der Waals surface area contributed by atoms with E-state index in [9.17, 15) is 5.11 Å². The van der Waals surface area contributed by atoms with Crippen molar-refractivity contribution in [1.82, 2.24) is 4.98 Å². The van der Waals surface area contributed by atoms with Crippen molar-refractivity contribution in [2.24, 2.45) is 0 Å². The zero-order chi connectivity index (χ0) is 13.2. The predicted molar refractivity (Wildman–Crippen MR) is 79.6 cm³/mol. The number of halogens is 1. The normalized spacial score (nSPS) is 12.6. The number of nitrogens with zero attached hydrogens (tertiary/aromatic N) is 1. The summed E-state index contributed by atoms with van der Waals surface area (Å²) < 4.78 is 0.869. The van der Waals surface area contributed by atoms with Gasteiger partial charge in [-0.05, 0) is 47.3 Å². The van der Waals surface area contributed by atoms with Crippen molar-refractivity contribution in [1.29, 1.82) is 0 Å². The largest absolute Gasteiger partial charge is 0.393 e. The van der Waals surface area contributed by atoms with Crippen LogP contribution in [0.5, 0.6) is 0 Å². The van der Waals surface area contributed by atoms with Gasteiger partial charge in [-0.25, -0.2) is 4.98 Å². The maximum Gasteiger partial charge on any atom is 0.106 e. The van der Waals surface area contributed by atoms with Crippen molar-refractivity contribution >= 4 is 15.9 Å². The fraction of sp³-hybridized carbons (Fsp3) is 0.667. The molecule has 1 rings (SSSR count). The summed E-state index contributed by atoms with van der Waals surface area (Å²) in [5.41, 5.74) is 1.05. The van der Waals surface area contributed by atoms with E-state index in [0.717, 1.165) is 36.0 Å². The van der Waals surface area contributed by atoms with Crippen molar-refractivity contribution in [3.05, 3.63) is 28.5 Å². The number of hydrogen-bond donors (Lipinski definition) is 1. The van der Waals surface area contributed by atoms with Gasteiger partial charge in [-0.2, -0.15) is 0 Å². The first kappa shape index (κ1) is 15.6. The fourth-order valence-electron chi connectivity index (χ4n) is 2.03. The monoisotopic (exact) mass is 313 g/mol. The van der Waals surface area contributed by atoms with Crippen LogP contribution in [0.25, 0.3) is 0 Å². The first-order valence-corrected chi connectivity index (χ1v) is 7.81. The second kappa shape index (κ2) is 9.51. The van der Waals surface area contributed by atoms with E-state index >= 15 is 0 Å². The summed E-state index contributed by atoms with van der Waals surface area (Å²) in [7, 11) is 0. The van der Waals surface area contributed by atoms with E-state index in [1.807, 2.05) is 18.2 Å². The van der Waals surface area contributed by atoms with Crippen LogP contribution in [0.15, 0.2) is 22.8 Å². The number of hydrogen-bond acceptors (Lipinski definition) is 2. The number of rotatable bonds is 9. The van der Waals surface area contributed by atoms with Crippen molar-refractivity contribution in [2.45, 2.75) is 64.4 Å². The molecule has 2 nitrogen and oxygen atoms in total. The molecule has 18 heavy (non-hydrogen) atoms. The third-order valence-corrected chi connectivity index (χ3v) is 3.59. The summed E-state index contributed by atoms with van der Waals surface area (Å²) in [6.07, 6.45) is 8.72. The van der Waals surface area contributed by atoms with Crippen LogP contribution in [-0.2, 0) is 6.42 Å². The molecule has 1 atom stereocenters. The highest BCUT2D eigenvalue weighted by Crippen LogP contribution is 2.12. The molecule has 0 radical (unpaired) electrons. The van der Waals surface area contributed by atoms with Crippen LogP contribution in [0.3, 0.4) is 0 Å². The molecule has 1 aromatic heterocycles. The second-order valence-electron chi connectivity index (χ2n) is 4.85. The molecular formula is C15H24BrNO. The van der Waals surface area contributed by atoms with E-state index in [4.69, 9.17) is 0 Å². The SMILES string of the molecule is CCCCCCCC(O)CCc1cccc(Br)n1. The predicted octanol–water partition coefficient (Wildman–Crippen LogP) is 4.50. The summed E-state index contributed by atoms with van der Waals surface area (Å²) in [4.78, 5) is 4.37. The second-order valence-corrected chi connectivity index (χ2v) is 5.66. The third kappa shape index (κ3) is 7.12. The van der Waals surface area contributed by atoms with Crippen molar-refractivity contribution < 1.29 is 5.11 Å². The van der Waals surface area contributed by atoms with Crippen molar-refractivity contribution in [3.8, 4) is 0 Å². The van der Waals surface area contributed by atoms with Gasteiger partial charge in [0.25, 0.3) is 0 Å². The van der Waals surface area contributed by atoms with E-state index in [0.29, 0.717) is 0 Å². The maximum absolute atomic E-state index is 9.90. The van der Waals surface area contributed by atoms with Gasteiger partial charge in [-0.3, -0.25) is 0 Å². The molecule has 0 saturated carbocycles. The van der Waals surface area contributed by atoms with E-state index in [2.05, 4.69) is 27.8 Å². The quantitative estimate of drug-likeness (QED) is 0.538. The zero-order valence-corrected chi connectivity index (χ0v) is 12.8. The lowest BCUT2D eigenvalue weighted by Gasteiger charge is -2.10. The van der Waals surface area contributed by atoms with Gasteiger partial charge in [-0.1, -0.05) is 45.1 Å². The van der Waals surface area contributed by atoms with Gasteiger partial charge in [0.2, 0.25) is 0 Å². The minimum atomic E-state index is -0.174. The van der Waals surface area contributed by atoms with Crippen LogP contribution in [0.2, 0.25) is 0 Å². The number of aliphatic hydroxyl groups is 1. The molecule has 0 saturated heterocycles. The number of pyridine rings is 1. The minimum absolute atomic E-state index is 0.174. The molecule has 1 aromatic rings. The maximum atomic E-state index is 9.90. The molecule has 1 N–H and O–H groups in total. The Labute approximate surface area is 119 Å². The smallest absolute Gasteiger partial charge is 0.106 e. The lowest BCUT2D eigenvalue weighted by molar-refractivity contribution is 0.151. The Morgan fingerprint density at radius 2 is 1.94 bits per heavy atom. The highest BCUT2D eigenvalue weighted by atomic mass is 79.9. The number of aliphatic hydroxyl groups excluding tert-OH is 1. The van der Waals surface area contributed by atoms with E-state index in [-0.39, 0.29) is 6.10 Å². The Hall–Kier alpha value is -0.410. The third-order valence-electron chi connectivity index (χ3n) is 3.15. The van der Waals surface area contributed by atoms with Crippen LogP contribution in [0, 0.1) is 0 Å². The molecule has 0 amide bonds. The lowest BCUT2D eigenvalue weighted by atomic mass is 10.0. The number of aryl methyl sites for hydroxylation is 1. The minimum Gasteiger partial charge on any atom is -0.393 e. The molecule has 0 bridgehead atoms. The Morgan fingerprint density at radius 3 is 2.67 bits per heavy atom. The van der Waals surface area contributed by atoms with Gasteiger partial charge in [0.15, 0.2) is 0 Å². The summed E-state index contributed by atoms with van der Waals surface area (Å²) in [5.74, 6) is 0. The lowest BCUT2D eigenvalue weighted by Crippen LogP contribution is -2.08. The fourth-order valence-corrected chi connectivity index (χ4v) is 2.41. The molecule has 1 heterocycles. The molecule has 1 unspecified atom stereocenters. The standard InChI is InChI=1S/C15H24BrNO/c1-2-3-4-5-6-9-14(18)12-11-13-8-7-10-15(16)17-13/h7-8,10,14,18H,2-6,9,11-12H2,1H3. The molecule has 3 heteroatoms. The van der Waals surface area contributed by atoms with E-state index in [1.54, 1.807) is 0 Å². The summed E-state index contributed by atoms with van der Waals surface area (Å²) in [6.45, 7) is 2.22. The average Bonchev–Trinajstić information content (AvgIpc) is 2.36. The molecule has 0 spiro atoms. The highest BCUT2D eigenvalue weighted by Gasteiger charge is 2.05. The first-order valence-electron chi connectivity index (χ1n) is 7.02. The van der Waals surface area contributed by atoms with E-state index < -0.39 is 0 Å². The van der Waals surface area contributed by atoms with Gasteiger partial charge in [0, 0.05) is 5.69 Å². The van der Waals surface area contributed by atoms with Gasteiger partial charge in [-0.15, -0.1) is 0 Å². The molecule has 0 aromatic carbocycles. The number of unbranched alkanes of at least 4 members (excludes halogenated alkanes) is 4. The average molecular weight is 314 g/mol. The van der Waals surface area contributed by atoms with Crippen LogP contribution in [0.1, 0.15) is 57.6 Å². The van der Waals surface area contributed by atoms with Crippen molar-refractivity contribution in [3.63, 3.8) is 0 Å². The molecule has 0 aliphatic carbocycles. The van der Waals surface area contributed by atoms with Crippen LogP contribution in [0.4, 0.5) is 0 Å². The zero-order valence-electron chi connectivity index (χ0n) is 11.2. The summed E-state index contributed by atoms with van der Waals surface area (Å²) in [5, 5.41) is 9.90. The van der Waals surface area contributed by atoms with Gasteiger partial charge in [0.05, 0.1) is 6.10 Å². The highest BCUT2D eigenvalue weighted by molar-refractivity contribution is 9.10. The van der Waals surface area contributed by atoms with Crippen LogP contribution in [-0.4, -0.2) is 16.2 Å². The topological polar surface area (TPSA) is 33.1 Å². The Bertz CT molecular complexity index is 330. The Kier molecular flexibility index (Phi) is 8.27. The Morgan fingerprint density at radius 1 is 1.17 bits per heavy atom. The molecule has 0 aliphatic rings. The van der Waals surface area contributed by atoms with Gasteiger partial charge < -0.3 is 5.11 Å².